The summed E-state index contributed by atoms with van der Waals surface area (Å²) in [6.45, 7) is 0. The first-order valence-electron chi connectivity index (χ1n) is 4.92. The lowest BCUT2D eigenvalue weighted by Gasteiger charge is -2.16. The molecule has 0 saturated heterocycles. The molecule has 18 heavy (non-hydrogen) atoms. The van der Waals surface area contributed by atoms with E-state index in [1.165, 1.54) is 6.07 Å². The molecular formula is C11H12FNO5. The van der Waals surface area contributed by atoms with Crippen LogP contribution in [0.15, 0.2) is 18.2 Å². The molecule has 1 amide bonds. The topological polar surface area (TPSA) is 110 Å². The number of halogens is 1. The molecule has 2 atom stereocenters. The second-order valence-corrected chi connectivity index (χ2v) is 3.49. The summed E-state index contributed by atoms with van der Waals surface area (Å²) in [5, 5.41) is 18.8. The number of amides is 1. The Morgan fingerprint density at radius 1 is 1.39 bits per heavy atom. The average molecular weight is 257 g/mol. The van der Waals surface area contributed by atoms with E-state index in [-0.39, 0.29) is 0 Å². The standard InChI is InChI=1S/C11H12FNO5/c1-18-11(17)6-4-2-3-5(7(6)12)8(14)9(15)10(13)16/h2-4,8-9,14-15H,1H3,(H2,13,16). The van der Waals surface area contributed by atoms with Crippen LogP contribution < -0.4 is 5.73 Å². The fourth-order valence-electron chi connectivity index (χ4n) is 1.37. The van der Waals surface area contributed by atoms with Crippen LogP contribution >= 0.6 is 0 Å². The van der Waals surface area contributed by atoms with E-state index in [4.69, 9.17) is 5.73 Å². The molecular weight excluding hydrogens is 245 g/mol. The minimum Gasteiger partial charge on any atom is -0.465 e. The monoisotopic (exact) mass is 257 g/mol. The van der Waals surface area contributed by atoms with Gasteiger partial charge in [-0.3, -0.25) is 4.79 Å². The second-order valence-electron chi connectivity index (χ2n) is 3.49. The Kier molecular flexibility index (Phi) is 4.35. The Hall–Kier alpha value is -1.99. The maximum atomic E-state index is 13.9. The highest BCUT2D eigenvalue weighted by atomic mass is 19.1. The van der Waals surface area contributed by atoms with Gasteiger partial charge < -0.3 is 20.7 Å². The maximum absolute atomic E-state index is 13.9. The molecule has 0 aromatic heterocycles. The van der Waals surface area contributed by atoms with Crippen molar-refractivity contribution >= 4 is 11.9 Å². The zero-order valence-corrected chi connectivity index (χ0v) is 9.46. The fraction of sp³-hybridized carbons (Fsp3) is 0.273. The third-order valence-corrected chi connectivity index (χ3v) is 2.34. The highest BCUT2D eigenvalue weighted by molar-refractivity contribution is 5.90. The Morgan fingerprint density at radius 2 is 2.00 bits per heavy atom. The molecule has 0 fully saturated rings. The third kappa shape index (κ3) is 2.63. The molecule has 0 saturated carbocycles. The number of esters is 1. The lowest BCUT2D eigenvalue weighted by atomic mass is 10.0. The van der Waals surface area contributed by atoms with Crippen molar-refractivity contribution in [3.63, 3.8) is 0 Å². The molecule has 0 radical (unpaired) electrons. The first kappa shape index (κ1) is 14.1. The molecule has 2 unspecified atom stereocenters. The Labute approximate surface area is 102 Å². The third-order valence-electron chi connectivity index (χ3n) is 2.34. The number of nitrogens with two attached hydrogens (primary N) is 1. The van der Waals surface area contributed by atoms with E-state index in [9.17, 15) is 24.2 Å². The number of methoxy groups -OCH3 is 1. The van der Waals surface area contributed by atoms with Crippen LogP contribution in [-0.4, -0.2) is 35.3 Å². The van der Waals surface area contributed by atoms with Crippen LogP contribution in [0.3, 0.4) is 0 Å². The van der Waals surface area contributed by atoms with Gasteiger partial charge in [-0.2, -0.15) is 0 Å². The largest absolute Gasteiger partial charge is 0.465 e. The van der Waals surface area contributed by atoms with E-state index in [0.717, 1.165) is 19.2 Å². The molecule has 0 heterocycles. The van der Waals surface area contributed by atoms with Gasteiger partial charge in [0.2, 0.25) is 5.91 Å². The first-order chi connectivity index (χ1) is 8.40. The number of hydrogen-bond acceptors (Lipinski definition) is 5. The number of hydrogen-bond donors (Lipinski definition) is 3. The summed E-state index contributed by atoms with van der Waals surface area (Å²) in [6, 6.07) is 3.55. The summed E-state index contributed by atoms with van der Waals surface area (Å²) in [7, 11) is 1.07. The van der Waals surface area contributed by atoms with Gasteiger partial charge in [-0.15, -0.1) is 0 Å². The van der Waals surface area contributed by atoms with Crippen molar-refractivity contribution in [2.75, 3.05) is 7.11 Å². The predicted molar refractivity (Wildman–Crippen MR) is 57.9 cm³/mol. The van der Waals surface area contributed by atoms with Gasteiger partial charge in [0.25, 0.3) is 0 Å². The van der Waals surface area contributed by atoms with E-state index in [1.54, 1.807) is 0 Å². The van der Waals surface area contributed by atoms with Crippen LogP contribution in [-0.2, 0) is 9.53 Å². The van der Waals surface area contributed by atoms with Crippen molar-refractivity contribution in [2.45, 2.75) is 12.2 Å². The van der Waals surface area contributed by atoms with Gasteiger partial charge >= 0.3 is 5.97 Å². The minimum absolute atomic E-state index is 0.411. The number of primary amides is 1. The van der Waals surface area contributed by atoms with Crippen LogP contribution in [0.5, 0.6) is 0 Å². The highest BCUT2D eigenvalue weighted by Gasteiger charge is 2.28. The number of ether oxygens (including phenoxy) is 1. The van der Waals surface area contributed by atoms with Crippen LogP contribution in [0.25, 0.3) is 0 Å². The summed E-state index contributed by atoms with van der Waals surface area (Å²) in [5.74, 6) is -3.21. The molecule has 98 valence electrons. The van der Waals surface area contributed by atoms with E-state index < -0.39 is 41.0 Å². The van der Waals surface area contributed by atoms with Crippen LogP contribution in [0.2, 0.25) is 0 Å². The summed E-state index contributed by atoms with van der Waals surface area (Å²) in [4.78, 5) is 21.9. The van der Waals surface area contributed by atoms with Crippen molar-refractivity contribution in [3.8, 4) is 0 Å². The lowest BCUT2D eigenvalue weighted by molar-refractivity contribution is -0.132. The molecule has 4 N–H and O–H groups in total. The van der Waals surface area contributed by atoms with Crippen molar-refractivity contribution in [1.29, 1.82) is 0 Å². The smallest absolute Gasteiger partial charge is 0.340 e. The summed E-state index contributed by atoms with van der Waals surface area (Å²) >= 11 is 0. The average Bonchev–Trinajstić information content (AvgIpc) is 2.36. The van der Waals surface area contributed by atoms with Crippen LogP contribution in [0, 0.1) is 5.82 Å². The predicted octanol–water partition coefficient (Wildman–Crippen LogP) is -0.508. The Bertz CT molecular complexity index is 477. The van der Waals surface area contributed by atoms with Crippen molar-refractivity contribution in [3.05, 3.63) is 35.1 Å². The zero-order chi connectivity index (χ0) is 13.9. The van der Waals surface area contributed by atoms with Gasteiger partial charge in [0.15, 0.2) is 6.10 Å². The minimum atomic E-state index is -1.97. The number of aliphatic hydroxyl groups excluding tert-OH is 2. The molecule has 0 aliphatic carbocycles. The van der Waals surface area contributed by atoms with E-state index >= 15 is 0 Å². The van der Waals surface area contributed by atoms with Gasteiger partial charge in [-0.05, 0) is 6.07 Å². The summed E-state index contributed by atoms with van der Waals surface area (Å²) < 4.78 is 18.2. The van der Waals surface area contributed by atoms with Crippen LogP contribution in [0.4, 0.5) is 4.39 Å². The van der Waals surface area contributed by atoms with Gasteiger partial charge in [-0.1, -0.05) is 12.1 Å². The quantitative estimate of drug-likeness (QED) is 0.629. The molecule has 0 spiro atoms. The summed E-state index contributed by atoms with van der Waals surface area (Å²) in [6.07, 6.45) is -3.82. The van der Waals surface area contributed by atoms with E-state index in [2.05, 4.69) is 4.74 Å². The first-order valence-corrected chi connectivity index (χ1v) is 4.92. The normalized spacial score (nSPS) is 13.8. The van der Waals surface area contributed by atoms with Gasteiger partial charge in [-0.25, -0.2) is 9.18 Å². The molecule has 6 nitrogen and oxygen atoms in total. The number of carbonyl (C=O) groups excluding carboxylic acids is 2. The molecule has 0 bridgehead atoms. The zero-order valence-electron chi connectivity index (χ0n) is 9.46. The van der Waals surface area contributed by atoms with Crippen LogP contribution in [0.1, 0.15) is 22.0 Å². The lowest BCUT2D eigenvalue weighted by Crippen LogP contribution is -2.34. The van der Waals surface area contributed by atoms with Gasteiger partial charge in [0.05, 0.1) is 12.7 Å². The SMILES string of the molecule is COC(=O)c1cccc(C(O)C(O)C(N)=O)c1F. The molecule has 1 aromatic carbocycles. The highest BCUT2D eigenvalue weighted by Crippen LogP contribution is 2.23. The fourth-order valence-corrected chi connectivity index (χ4v) is 1.37. The second kappa shape index (κ2) is 5.56. The number of carbonyl (C=O) groups is 2. The van der Waals surface area contributed by atoms with E-state index in [1.807, 2.05) is 0 Å². The van der Waals surface area contributed by atoms with Crippen molar-refractivity contribution < 1.29 is 28.9 Å². The Balaban J connectivity index is 3.18. The molecule has 7 heteroatoms. The van der Waals surface area contributed by atoms with Gasteiger partial charge in [0.1, 0.15) is 11.9 Å². The van der Waals surface area contributed by atoms with Crippen molar-refractivity contribution in [2.24, 2.45) is 5.73 Å². The molecule has 0 aliphatic heterocycles. The maximum Gasteiger partial charge on any atom is 0.340 e. The summed E-state index contributed by atoms with van der Waals surface area (Å²) in [5.41, 5.74) is 3.96. The number of rotatable bonds is 4. The number of aliphatic hydroxyl groups is 2. The number of benzene rings is 1. The van der Waals surface area contributed by atoms with Crippen molar-refractivity contribution in [1.82, 2.24) is 0 Å². The van der Waals surface area contributed by atoms with Gasteiger partial charge in [0, 0.05) is 5.56 Å². The van der Waals surface area contributed by atoms with E-state index in [0.29, 0.717) is 0 Å². The molecule has 0 aliphatic rings. The molecule has 1 aromatic rings. The Morgan fingerprint density at radius 3 is 2.50 bits per heavy atom. The molecule has 1 rings (SSSR count).